The number of hydrogen-bond acceptors (Lipinski definition) is 2. The molecule has 2 aromatic heterocycles. The lowest BCUT2D eigenvalue weighted by atomic mass is 9.77. The third kappa shape index (κ3) is 6.90. The lowest BCUT2D eigenvalue weighted by Crippen LogP contribution is -1.99. The van der Waals surface area contributed by atoms with Crippen LogP contribution in [-0.4, -0.2) is 0 Å². The van der Waals surface area contributed by atoms with E-state index >= 15 is 0 Å². The SMILES string of the molecule is CCCCCCc1ccc(CCc2cc3c4c(ccc3s2)-c2c-4ccc3sc(CCc4ccc(CCCCCC)cc4)cc23)cc1. The van der Waals surface area contributed by atoms with Crippen LogP contribution < -0.4 is 0 Å². The van der Waals surface area contributed by atoms with Crippen molar-refractivity contribution in [3.8, 4) is 22.3 Å². The van der Waals surface area contributed by atoms with E-state index in [1.165, 1.54) is 139 Å². The van der Waals surface area contributed by atoms with Crippen molar-refractivity contribution < 1.29 is 0 Å². The van der Waals surface area contributed by atoms with E-state index in [2.05, 4.69) is 98.8 Å². The molecular weight excluding hydrogens is 593 g/mol. The monoisotopic (exact) mass is 640 g/mol. The lowest BCUT2D eigenvalue weighted by Gasteiger charge is -2.25. The summed E-state index contributed by atoms with van der Waals surface area (Å²) in [6.45, 7) is 4.57. The Labute approximate surface area is 284 Å². The van der Waals surface area contributed by atoms with E-state index in [0.29, 0.717) is 0 Å². The first-order chi connectivity index (χ1) is 22.7. The fraction of sp³-hybridized carbons (Fsp3) is 0.364. The van der Waals surface area contributed by atoms with Crippen molar-refractivity contribution in [3.05, 3.63) is 117 Å². The molecule has 0 bridgehead atoms. The highest BCUT2D eigenvalue weighted by molar-refractivity contribution is 7.19. The molecule has 7 rings (SSSR count). The van der Waals surface area contributed by atoms with Crippen LogP contribution in [0.2, 0.25) is 0 Å². The number of rotatable bonds is 16. The summed E-state index contributed by atoms with van der Waals surface area (Å²) in [5.74, 6) is 0. The van der Waals surface area contributed by atoms with E-state index in [-0.39, 0.29) is 0 Å². The van der Waals surface area contributed by atoms with Crippen molar-refractivity contribution in [1.82, 2.24) is 0 Å². The van der Waals surface area contributed by atoms with Gasteiger partial charge in [-0.3, -0.25) is 0 Å². The molecule has 0 spiro atoms. The Morgan fingerprint density at radius 1 is 0.391 bits per heavy atom. The van der Waals surface area contributed by atoms with Gasteiger partial charge in [0.1, 0.15) is 0 Å². The fourth-order valence-electron chi connectivity index (χ4n) is 7.30. The molecule has 0 N–H and O–H groups in total. The standard InChI is InChI=1S/C44H48S2/c1-3-5-7-9-11-31-13-17-33(18-14-31)21-23-35-29-39-41(45-35)27-25-37-43(39)38-26-28-42-40(44(37)38)30-36(46-42)24-22-34-19-15-32(16-20-34)12-10-8-6-4-2/h13-20,25-30H,3-12,21-24H2,1-2H3. The first-order valence-corrected chi connectivity index (χ1v) is 19.6. The van der Waals surface area contributed by atoms with Crippen LogP contribution in [0.5, 0.6) is 0 Å². The molecule has 236 valence electrons. The van der Waals surface area contributed by atoms with Crippen LogP contribution in [0.1, 0.15) is 97.2 Å². The molecule has 0 saturated carbocycles. The molecule has 0 aliphatic heterocycles. The smallest absolute Gasteiger partial charge is 0.0352 e. The van der Waals surface area contributed by atoms with Crippen LogP contribution in [0.3, 0.4) is 0 Å². The van der Waals surface area contributed by atoms with E-state index in [1.54, 1.807) is 0 Å². The highest BCUT2D eigenvalue weighted by atomic mass is 32.1. The van der Waals surface area contributed by atoms with Crippen LogP contribution in [0, 0.1) is 0 Å². The van der Waals surface area contributed by atoms with E-state index in [1.807, 2.05) is 22.7 Å². The van der Waals surface area contributed by atoms with Gasteiger partial charge in [-0.15, -0.1) is 22.7 Å². The second kappa shape index (κ2) is 14.7. The molecule has 1 aliphatic rings. The van der Waals surface area contributed by atoms with E-state index in [0.717, 1.165) is 25.7 Å². The largest absolute Gasteiger partial charge is 0.140 e. The average molecular weight is 641 g/mol. The summed E-state index contributed by atoms with van der Waals surface area (Å²) in [4.78, 5) is 3.01. The number of hydrogen-bond donors (Lipinski definition) is 0. The number of thiophene rings is 2. The Hall–Kier alpha value is -3.20. The van der Waals surface area contributed by atoms with Crippen LogP contribution in [0.15, 0.2) is 84.9 Å². The highest BCUT2D eigenvalue weighted by Crippen LogP contribution is 2.55. The van der Waals surface area contributed by atoms with Gasteiger partial charge in [0, 0.05) is 29.9 Å². The maximum absolute atomic E-state index is 2.49. The van der Waals surface area contributed by atoms with Crippen molar-refractivity contribution in [2.75, 3.05) is 0 Å². The van der Waals surface area contributed by atoms with E-state index in [9.17, 15) is 0 Å². The van der Waals surface area contributed by atoms with Gasteiger partial charge in [-0.2, -0.15) is 0 Å². The first-order valence-electron chi connectivity index (χ1n) is 18.0. The fourth-order valence-corrected chi connectivity index (χ4v) is 9.44. The summed E-state index contributed by atoms with van der Waals surface area (Å²) in [6.07, 6.45) is 17.6. The molecule has 0 unspecified atom stereocenters. The number of unbranched alkanes of at least 4 members (excludes halogenated alkanes) is 6. The molecule has 4 aromatic carbocycles. The predicted molar refractivity (Wildman–Crippen MR) is 205 cm³/mol. The van der Waals surface area contributed by atoms with Gasteiger partial charge in [-0.05, 0) is 120 Å². The Bertz CT molecular complexity index is 1740. The maximum Gasteiger partial charge on any atom is 0.0352 e. The minimum Gasteiger partial charge on any atom is -0.140 e. The van der Waals surface area contributed by atoms with Crippen LogP contribution >= 0.6 is 22.7 Å². The zero-order chi connectivity index (χ0) is 31.3. The van der Waals surface area contributed by atoms with Crippen LogP contribution in [0.4, 0.5) is 0 Å². The van der Waals surface area contributed by atoms with Gasteiger partial charge in [-0.1, -0.05) is 113 Å². The summed E-state index contributed by atoms with van der Waals surface area (Å²) in [6, 6.07) is 33.4. The van der Waals surface area contributed by atoms with Gasteiger partial charge in [0.2, 0.25) is 0 Å². The van der Waals surface area contributed by atoms with Crippen molar-refractivity contribution in [3.63, 3.8) is 0 Å². The first kappa shape index (κ1) is 31.4. The molecule has 2 heterocycles. The van der Waals surface area contributed by atoms with Gasteiger partial charge >= 0.3 is 0 Å². The van der Waals surface area contributed by atoms with Gasteiger partial charge in [0.25, 0.3) is 0 Å². The Morgan fingerprint density at radius 2 is 0.783 bits per heavy atom. The topological polar surface area (TPSA) is 0 Å². The zero-order valence-electron chi connectivity index (χ0n) is 27.8. The molecule has 0 atom stereocenters. The molecule has 46 heavy (non-hydrogen) atoms. The number of fused-ring (bicyclic) bond motifs is 8. The van der Waals surface area contributed by atoms with Crippen LogP contribution in [0.25, 0.3) is 42.4 Å². The van der Waals surface area contributed by atoms with E-state index in [4.69, 9.17) is 0 Å². The molecule has 0 fully saturated rings. The van der Waals surface area contributed by atoms with E-state index < -0.39 is 0 Å². The molecule has 6 aromatic rings. The third-order valence-corrected chi connectivity index (χ3v) is 12.4. The van der Waals surface area contributed by atoms with Crippen molar-refractivity contribution in [1.29, 1.82) is 0 Å². The zero-order valence-corrected chi connectivity index (χ0v) is 29.4. The molecule has 0 radical (unpaired) electrons. The van der Waals surface area contributed by atoms with Crippen molar-refractivity contribution >= 4 is 42.8 Å². The molecule has 2 heteroatoms. The Morgan fingerprint density at radius 3 is 1.17 bits per heavy atom. The van der Waals surface area contributed by atoms with Crippen molar-refractivity contribution in [2.24, 2.45) is 0 Å². The Balaban J connectivity index is 0.994. The van der Waals surface area contributed by atoms with Gasteiger partial charge in [0.05, 0.1) is 0 Å². The van der Waals surface area contributed by atoms with Gasteiger partial charge in [0.15, 0.2) is 0 Å². The highest BCUT2D eigenvalue weighted by Gasteiger charge is 2.28. The quantitative estimate of drug-likeness (QED) is 0.0922. The summed E-state index contributed by atoms with van der Waals surface area (Å²) < 4.78 is 2.86. The van der Waals surface area contributed by atoms with Crippen molar-refractivity contribution in [2.45, 2.75) is 104 Å². The summed E-state index contributed by atoms with van der Waals surface area (Å²) >= 11 is 3.97. The second-order valence-corrected chi connectivity index (χ2v) is 15.8. The maximum atomic E-state index is 2.49. The molecule has 0 nitrogen and oxygen atoms in total. The number of benzene rings is 4. The molecule has 0 saturated heterocycles. The minimum atomic E-state index is 1.11. The summed E-state index contributed by atoms with van der Waals surface area (Å²) in [5.41, 5.74) is 11.8. The minimum absolute atomic E-state index is 1.11. The normalized spacial score (nSPS) is 12.0. The molecule has 1 aliphatic carbocycles. The third-order valence-electron chi connectivity index (χ3n) is 10.0. The average Bonchev–Trinajstić information content (AvgIpc) is 3.68. The molecular formula is C44H48S2. The van der Waals surface area contributed by atoms with Gasteiger partial charge in [-0.25, -0.2) is 0 Å². The second-order valence-electron chi connectivity index (χ2n) is 13.5. The van der Waals surface area contributed by atoms with Crippen LogP contribution in [-0.2, 0) is 38.5 Å². The summed E-state index contributed by atoms with van der Waals surface area (Å²) in [7, 11) is 0. The predicted octanol–water partition coefficient (Wildman–Crippen LogP) is 13.6. The lowest BCUT2D eigenvalue weighted by molar-refractivity contribution is 0.667. The summed E-state index contributed by atoms with van der Waals surface area (Å²) in [5, 5.41) is 2.91. The molecule has 0 amide bonds. The van der Waals surface area contributed by atoms with Gasteiger partial charge < -0.3 is 0 Å². The Kier molecular flexibility index (Phi) is 10.0. The number of aryl methyl sites for hydroxylation is 6.